The van der Waals surface area contributed by atoms with Gasteiger partial charge in [0, 0.05) is 43.8 Å². The number of rotatable bonds is 5. The first-order valence-corrected chi connectivity index (χ1v) is 8.64. The van der Waals surface area contributed by atoms with Gasteiger partial charge in [-0.05, 0) is 43.5 Å². The molecule has 2 N–H and O–H groups in total. The lowest BCUT2D eigenvalue weighted by Crippen LogP contribution is -2.53. The molecule has 1 heterocycles. The van der Waals surface area contributed by atoms with Crippen molar-refractivity contribution in [3.63, 3.8) is 0 Å². The molecule has 1 unspecified atom stereocenters. The highest BCUT2D eigenvalue weighted by atomic mass is 35.5. The van der Waals surface area contributed by atoms with Crippen LogP contribution in [0, 0.1) is 0 Å². The summed E-state index contributed by atoms with van der Waals surface area (Å²) >= 11 is 5.98. The van der Waals surface area contributed by atoms with Gasteiger partial charge < -0.3 is 10.4 Å². The molecule has 1 aromatic carbocycles. The van der Waals surface area contributed by atoms with Crippen molar-refractivity contribution in [1.82, 2.24) is 15.1 Å². The summed E-state index contributed by atoms with van der Waals surface area (Å²) in [5.74, 6) is 0.359. The van der Waals surface area contributed by atoms with Crippen molar-refractivity contribution in [3.8, 4) is 5.75 Å². The van der Waals surface area contributed by atoms with Crippen LogP contribution in [0.15, 0.2) is 18.2 Å². The summed E-state index contributed by atoms with van der Waals surface area (Å²) in [5, 5.41) is 13.3. The van der Waals surface area contributed by atoms with Crippen LogP contribution in [0.25, 0.3) is 0 Å². The maximum absolute atomic E-state index is 12.1. The quantitative estimate of drug-likeness (QED) is 0.860. The van der Waals surface area contributed by atoms with Gasteiger partial charge in [-0.15, -0.1) is 0 Å². The second-order valence-corrected chi connectivity index (χ2v) is 7.03. The molecular formula is C17H24ClN3O2. The SMILES string of the molecule is CC(C(=O)NC1CC1)N1CCN(Cc2cc(O)cc(Cl)c2)CC1. The molecule has 0 spiro atoms. The van der Waals surface area contributed by atoms with Gasteiger partial charge in [0.2, 0.25) is 5.91 Å². The van der Waals surface area contributed by atoms with Crippen LogP contribution in [0.5, 0.6) is 5.75 Å². The molecule has 5 nitrogen and oxygen atoms in total. The van der Waals surface area contributed by atoms with Crippen molar-refractivity contribution in [2.24, 2.45) is 0 Å². The lowest BCUT2D eigenvalue weighted by molar-refractivity contribution is -0.126. The highest BCUT2D eigenvalue weighted by molar-refractivity contribution is 6.30. The van der Waals surface area contributed by atoms with Crippen LogP contribution in [-0.2, 0) is 11.3 Å². The standard InChI is InChI=1S/C17H24ClN3O2/c1-12(17(23)19-15-2-3-15)21-6-4-20(5-7-21)11-13-8-14(18)10-16(22)9-13/h8-10,12,15,22H,2-7,11H2,1H3,(H,19,23). The van der Waals surface area contributed by atoms with Crippen LogP contribution in [-0.4, -0.2) is 59.1 Å². The summed E-state index contributed by atoms with van der Waals surface area (Å²) in [6.07, 6.45) is 2.25. The molecule has 1 amide bonds. The van der Waals surface area contributed by atoms with Crippen LogP contribution in [0.2, 0.25) is 5.02 Å². The number of hydrogen-bond acceptors (Lipinski definition) is 4. The van der Waals surface area contributed by atoms with E-state index in [0.29, 0.717) is 11.1 Å². The highest BCUT2D eigenvalue weighted by Crippen LogP contribution is 2.22. The number of aromatic hydroxyl groups is 1. The van der Waals surface area contributed by atoms with Gasteiger partial charge in [0.05, 0.1) is 6.04 Å². The number of piperazine rings is 1. The summed E-state index contributed by atoms with van der Waals surface area (Å²) in [4.78, 5) is 16.7. The second-order valence-electron chi connectivity index (χ2n) is 6.59. The minimum atomic E-state index is -0.0621. The number of benzene rings is 1. The summed E-state index contributed by atoms with van der Waals surface area (Å²) in [7, 11) is 0. The molecule has 1 saturated carbocycles. The van der Waals surface area contributed by atoms with Gasteiger partial charge in [0.15, 0.2) is 0 Å². The number of carbonyl (C=O) groups is 1. The van der Waals surface area contributed by atoms with E-state index in [2.05, 4.69) is 15.1 Å². The Morgan fingerprint density at radius 2 is 2.00 bits per heavy atom. The van der Waals surface area contributed by atoms with E-state index in [9.17, 15) is 9.90 Å². The van der Waals surface area contributed by atoms with E-state index in [1.54, 1.807) is 12.1 Å². The molecule has 0 radical (unpaired) electrons. The van der Waals surface area contributed by atoms with Crippen LogP contribution in [0.1, 0.15) is 25.3 Å². The smallest absolute Gasteiger partial charge is 0.237 e. The number of nitrogens with zero attached hydrogens (tertiary/aromatic N) is 2. The van der Waals surface area contributed by atoms with Gasteiger partial charge in [-0.2, -0.15) is 0 Å². The van der Waals surface area contributed by atoms with Gasteiger partial charge in [0.1, 0.15) is 5.75 Å². The molecule has 3 rings (SSSR count). The van der Waals surface area contributed by atoms with E-state index in [-0.39, 0.29) is 17.7 Å². The van der Waals surface area contributed by atoms with E-state index in [1.807, 2.05) is 13.0 Å². The fraction of sp³-hybridized carbons (Fsp3) is 0.588. The van der Waals surface area contributed by atoms with Crippen molar-refractivity contribution in [3.05, 3.63) is 28.8 Å². The number of amides is 1. The number of hydrogen-bond donors (Lipinski definition) is 2. The summed E-state index contributed by atoms with van der Waals surface area (Å²) < 4.78 is 0. The Labute approximate surface area is 142 Å². The lowest BCUT2D eigenvalue weighted by Gasteiger charge is -2.37. The van der Waals surface area contributed by atoms with E-state index in [4.69, 9.17) is 11.6 Å². The fourth-order valence-corrected chi connectivity index (χ4v) is 3.26. The Hall–Kier alpha value is -1.30. The summed E-state index contributed by atoms with van der Waals surface area (Å²) in [6.45, 7) is 6.34. The zero-order valence-electron chi connectivity index (χ0n) is 13.5. The van der Waals surface area contributed by atoms with Gasteiger partial charge in [-0.1, -0.05) is 11.6 Å². The second kappa shape index (κ2) is 7.07. The molecular weight excluding hydrogens is 314 g/mol. The number of carbonyl (C=O) groups excluding carboxylic acids is 1. The average molecular weight is 338 g/mol. The monoisotopic (exact) mass is 337 g/mol. The van der Waals surface area contributed by atoms with Gasteiger partial charge in [-0.3, -0.25) is 14.6 Å². The summed E-state index contributed by atoms with van der Waals surface area (Å²) in [5.41, 5.74) is 1.02. The van der Waals surface area contributed by atoms with Crippen LogP contribution < -0.4 is 5.32 Å². The largest absolute Gasteiger partial charge is 0.508 e. The molecule has 2 fully saturated rings. The molecule has 1 atom stereocenters. The molecule has 23 heavy (non-hydrogen) atoms. The molecule has 0 aromatic heterocycles. The molecule has 2 aliphatic rings. The van der Waals surface area contributed by atoms with Crippen LogP contribution in [0.3, 0.4) is 0 Å². The van der Waals surface area contributed by atoms with E-state index in [0.717, 1.165) is 51.1 Å². The predicted molar refractivity (Wildman–Crippen MR) is 90.6 cm³/mol. The van der Waals surface area contributed by atoms with Crippen LogP contribution >= 0.6 is 11.6 Å². The Morgan fingerprint density at radius 1 is 1.30 bits per heavy atom. The van der Waals surface area contributed by atoms with Crippen molar-refractivity contribution in [2.45, 2.75) is 38.4 Å². The number of phenolic OH excluding ortho intramolecular Hbond substituents is 1. The molecule has 1 aromatic rings. The van der Waals surface area contributed by atoms with Gasteiger partial charge in [-0.25, -0.2) is 0 Å². The van der Waals surface area contributed by atoms with E-state index < -0.39 is 0 Å². The Kier molecular flexibility index (Phi) is 5.09. The Morgan fingerprint density at radius 3 is 2.61 bits per heavy atom. The summed E-state index contributed by atoms with van der Waals surface area (Å²) in [6, 6.07) is 5.54. The van der Waals surface area contributed by atoms with Gasteiger partial charge >= 0.3 is 0 Å². The third kappa shape index (κ3) is 4.59. The number of phenols is 1. The molecule has 1 aliphatic carbocycles. The lowest BCUT2D eigenvalue weighted by atomic mass is 10.1. The average Bonchev–Trinajstić information content (AvgIpc) is 3.30. The first-order valence-electron chi connectivity index (χ1n) is 8.26. The minimum absolute atomic E-state index is 0.0621. The van der Waals surface area contributed by atoms with Crippen molar-refractivity contribution in [1.29, 1.82) is 0 Å². The zero-order valence-corrected chi connectivity index (χ0v) is 14.2. The normalized spacial score (nSPS) is 21.1. The van der Waals surface area contributed by atoms with Gasteiger partial charge in [0.25, 0.3) is 0 Å². The topological polar surface area (TPSA) is 55.8 Å². The first-order chi connectivity index (χ1) is 11.0. The predicted octanol–water partition coefficient (Wildman–Crippen LogP) is 1.83. The maximum atomic E-state index is 12.1. The molecule has 0 bridgehead atoms. The Balaban J connectivity index is 1.48. The van der Waals surface area contributed by atoms with E-state index >= 15 is 0 Å². The molecule has 126 valence electrons. The molecule has 1 aliphatic heterocycles. The Bertz CT molecular complexity index is 549. The fourth-order valence-electron chi connectivity index (χ4n) is 3.01. The molecule has 1 saturated heterocycles. The van der Waals surface area contributed by atoms with Crippen molar-refractivity contribution >= 4 is 17.5 Å². The first kappa shape index (κ1) is 16.6. The van der Waals surface area contributed by atoms with Crippen LogP contribution in [0.4, 0.5) is 0 Å². The molecule has 6 heteroatoms. The van der Waals surface area contributed by atoms with E-state index in [1.165, 1.54) is 0 Å². The number of nitrogens with one attached hydrogen (secondary N) is 1. The number of halogens is 1. The maximum Gasteiger partial charge on any atom is 0.237 e. The highest BCUT2D eigenvalue weighted by Gasteiger charge is 2.29. The minimum Gasteiger partial charge on any atom is -0.508 e. The third-order valence-electron chi connectivity index (χ3n) is 4.61. The zero-order chi connectivity index (χ0) is 16.4. The van der Waals surface area contributed by atoms with Crippen molar-refractivity contribution < 1.29 is 9.90 Å². The third-order valence-corrected chi connectivity index (χ3v) is 4.82. The van der Waals surface area contributed by atoms with Crippen molar-refractivity contribution in [2.75, 3.05) is 26.2 Å².